The van der Waals surface area contributed by atoms with E-state index in [4.69, 9.17) is 21.7 Å². The van der Waals surface area contributed by atoms with Crippen molar-refractivity contribution in [2.75, 3.05) is 6.61 Å². The zero-order chi connectivity index (χ0) is 23.4. The van der Waals surface area contributed by atoms with Gasteiger partial charge in [0.05, 0.1) is 12.6 Å². The van der Waals surface area contributed by atoms with E-state index in [1.807, 2.05) is 0 Å². The fraction of sp³-hybridized carbons (Fsp3) is 0.625. The molecule has 4 atom stereocenters. The van der Waals surface area contributed by atoms with Crippen LogP contribution >= 0.6 is 0 Å². The van der Waals surface area contributed by atoms with Crippen molar-refractivity contribution in [1.82, 2.24) is 16.0 Å². The second-order valence-corrected chi connectivity index (χ2v) is 6.42. The molecule has 0 fully saturated rings. The molecule has 0 heterocycles. The molecule has 0 aromatic heterocycles. The van der Waals surface area contributed by atoms with Gasteiger partial charge in [-0.2, -0.15) is 0 Å². The van der Waals surface area contributed by atoms with Crippen LogP contribution in [-0.4, -0.2) is 81.7 Å². The maximum Gasteiger partial charge on any atom is 0.325 e. The topological polar surface area (TPSA) is 251 Å². The molecular weight excluding hydrogens is 406 g/mol. The third-order valence-corrected chi connectivity index (χ3v) is 3.86. The summed E-state index contributed by atoms with van der Waals surface area (Å²) in [5, 5.41) is 33.3. The van der Waals surface area contributed by atoms with Crippen molar-refractivity contribution >= 4 is 35.6 Å². The van der Waals surface area contributed by atoms with Crippen LogP contribution < -0.4 is 27.4 Å². The summed E-state index contributed by atoms with van der Waals surface area (Å²) in [6.07, 6.45) is -1.17. The maximum atomic E-state index is 12.3. The van der Waals surface area contributed by atoms with Crippen molar-refractivity contribution in [2.45, 2.75) is 56.8 Å². The maximum absolute atomic E-state index is 12.3. The third-order valence-electron chi connectivity index (χ3n) is 3.86. The fourth-order valence-corrected chi connectivity index (χ4v) is 2.09. The van der Waals surface area contributed by atoms with Crippen molar-refractivity contribution < 1.29 is 44.1 Å². The van der Waals surface area contributed by atoms with Crippen LogP contribution in [0.25, 0.3) is 0 Å². The van der Waals surface area contributed by atoms with Crippen LogP contribution in [0.4, 0.5) is 0 Å². The van der Waals surface area contributed by atoms with E-state index >= 15 is 0 Å². The number of carbonyl (C=O) groups excluding carboxylic acids is 4. The summed E-state index contributed by atoms with van der Waals surface area (Å²) >= 11 is 0. The van der Waals surface area contributed by atoms with E-state index in [0.29, 0.717) is 0 Å². The number of aliphatic carboxylic acids is 2. The number of hydrogen-bond donors (Lipinski definition) is 8. The SMILES string of the molecule is CC(NC(=O)C(CCC(N)=O)NC(=O)C(CO)NC(=O)C(N)CCC(=O)O)C(=O)O. The smallest absolute Gasteiger partial charge is 0.325 e. The molecule has 0 saturated heterocycles. The Balaban J connectivity index is 5.11. The van der Waals surface area contributed by atoms with Gasteiger partial charge in [-0.3, -0.25) is 28.8 Å². The first kappa shape index (κ1) is 26.7. The van der Waals surface area contributed by atoms with Gasteiger partial charge in [0.2, 0.25) is 23.6 Å². The van der Waals surface area contributed by atoms with Crippen LogP contribution in [-0.2, 0) is 28.8 Å². The van der Waals surface area contributed by atoms with Gasteiger partial charge >= 0.3 is 11.9 Å². The number of primary amides is 1. The Morgan fingerprint density at radius 2 is 1.37 bits per heavy atom. The molecule has 0 spiro atoms. The van der Waals surface area contributed by atoms with Crippen LogP contribution in [0.2, 0.25) is 0 Å². The average Bonchev–Trinajstić information content (AvgIpc) is 2.66. The van der Waals surface area contributed by atoms with Gasteiger partial charge in [-0.15, -0.1) is 0 Å². The highest BCUT2D eigenvalue weighted by Crippen LogP contribution is 2.01. The van der Waals surface area contributed by atoms with Crippen molar-refractivity contribution in [2.24, 2.45) is 11.5 Å². The molecule has 14 nitrogen and oxygen atoms in total. The molecule has 14 heteroatoms. The lowest BCUT2D eigenvalue weighted by Gasteiger charge is -2.23. The van der Waals surface area contributed by atoms with Crippen LogP contribution in [0.1, 0.15) is 32.6 Å². The zero-order valence-electron chi connectivity index (χ0n) is 16.3. The minimum Gasteiger partial charge on any atom is -0.481 e. The number of nitrogens with one attached hydrogen (secondary N) is 3. The van der Waals surface area contributed by atoms with E-state index in [1.165, 1.54) is 6.92 Å². The summed E-state index contributed by atoms with van der Waals surface area (Å²) in [6, 6.07) is -5.45. The van der Waals surface area contributed by atoms with Crippen LogP contribution in [0, 0.1) is 0 Å². The van der Waals surface area contributed by atoms with Crippen molar-refractivity contribution in [3.05, 3.63) is 0 Å². The van der Waals surface area contributed by atoms with E-state index < -0.39 is 66.3 Å². The quantitative estimate of drug-likeness (QED) is 0.132. The Morgan fingerprint density at radius 3 is 1.83 bits per heavy atom. The average molecular weight is 433 g/mol. The van der Waals surface area contributed by atoms with Gasteiger partial charge in [-0.1, -0.05) is 0 Å². The molecule has 170 valence electrons. The van der Waals surface area contributed by atoms with E-state index in [0.717, 1.165) is 0 Å². The van der Waals surface area contributed by atoms with Gasteiger partial charge in [-0.25, -0.2) is 0 Å². The molecule has 0 aromatic carbocycles. The lowest BCUT2D eigenvalue weighted by atomic mass is 10.1. The minimum atomic E-state index is -1.53. The first-order chi connectivity index (χ1) is 13.9. The summed E-state index contributed by atoms with van der Waals surface area (Å²) in [4.78, 5) is 68.9. The molecule has 0 saturated carbocycles. The van der Waals surface area contributed by atoms with Crippen molar-refractivity contribution in [1.29, 1.82) is 0 Å². The summed E-state index contributed by atoms with van der Waals surface area (Å²) in [7, 11) is 0. The molecule has 0 aliphatic heterocycles. The lowest BCUT2D eigenvalue weighted by molar-refractivity contribution is -0.142. The number of carbonyl (C=O) groups is 6. The molecule has 4 amide bonds. The normalized spacial score (nSPS) is 14.5. The zero-order valence-corrected chi connectivity index (χ0v) is 16.3. The first-order valence-corrected chi connectivity index (χ1v) is 8.89. The Labute approximate surface area is 171 Å². The van der Waals surface area contributed by atoms with Crippen molar-refractivity contribution in [3.8, 4) is 0 Å². The Morgan fingerprint density at radius 1 is 0.833 bits per heavy atom. The Bertz CT molecular complexity index is 669. The van der Waals surface area contributed by atoms with Gasteiger partial charge in [0.25, 0.3) is 0 Å². The number of hydrogen-bond acceptors (Lipinski definition) is 8. The van der Waals surface area contributed by atoms with Crippen LogP contribution in [0.15, 0.2) is 0 Å². The second-order valence-electron chi connectivity index (χ2n) is 6.42. The summed E-state index contributed by atoms with van der Waals surface area (Å²) in [5.41, 5.74) is 10.5. The Kier molecular flexibility index (Phi) is 11.6. The molecule has 4 unspecified atom stereocenters. The molecule has 0 aromatic rings. The summed E-state index contributed by atoms with van der Waals surface area (Å²) < 4.78 is 0. The highest BCUT2D eigenvalue weighted by molar-refractivity contribution is 5.94. The molecular formula is C16H27N5O9. The standard InChI is InChI=1S/C16H27N5O9/c1-7(16(29)30)19-14(27)9(3-4-11(18)23)20-15(28)10(6-22)21-13(26)8(17)2-5-12(24)25/h7-10,22H,2-6,17H2,1H3,(H2,18,23)(H,19,27)(H,20,28)(H,21,26)(H,24,25)(H,29,30). The Hall–Kier alpha value is -3.26. The molecule has 0 aliphatic carbocycles. The van der Waals surface area contributed by atoms with Gasteiger partial charge in [-0.05, 0) is 19.8 Å². The molecule has 0 bridgehead atoms. The monoisotopic (exact) mass is 433 g/mol. The predicted molar refractivity (Wildman–Crippen MR) is 99.5 cm³/mol. The van der Waals surface area contributed by atoms with Crippen molar-refractivity contribution in [3.63, 3.8) is 0 Å². The largest absolute Gasteiger partial charge is 0.481 e. The number of aliphatic hydroxyl groups is 1. The number of aliphatic hydroxyl groups excluding tert-OH is 1. The lowest BCUT2D eigenvalue weighted by Crippen LogP contribution is -2.58. The number of nitrogens with two attached hydrogens (primary N) is 2. The van der Waals surface area contributed by atoms with Gasteiger partial charge in [0.15, 0.2) is 0 Å². The van der Waals surface area contributed by atoms with E-state index in [1.54, 1.807) is 0 Å². The van der Waals surface area contributed by atoms with Gasteiger partial charge < -0.3 is 42.7 Å². The van der Waals surface area contributed by atoms with Gasteiger partial charge in [0.1, 0.15) is 18.1 Å². The molecule has 30 heavy (non-hydrogen) atoms. The number of amides is 4. The number of carboxylic acid groups (broad SMARTS) is 2. The first-order valence-electron chi connectivity index (χ1n) is 8.89. The summed E-state index contributed by atoms with van der Waals surface area (Å²) in [5.74, 6) is -6.11. The van der Waals surface area contributed by atoms with E-state index in [2.05, 4.69) is 16.0 Å². The predicted octanol–water partition coefficient (Wildman–Crippen LogP) is -4.00. The molecule has 0 radical (unpaired) electrons. The summed E-state index contributed by atoms with van der Waals surface area (Å²) in [6.45, 7) is 0.307. The third kappa shape index (κ3) is 10.3. The van der Waals surface area contributed by atoms with Crippen LogP contribution in [0.5, 0.6) is 0 Å². The highest BCUT2D eigenvalue weighted by Gasteiger charge is 2.29. The number of rotatable bonds is 14. The number of carboxylic acids is 2. The minimum absolute atomic E-state index is 0.211. The fourth-order valence-electron chi connectivity index (χ4n) is 2.09. The molecule has 0 rings (SSSR count). The van der Waals surface area contributed by atoms with E-state index in [9.17, 15) is 33.9 Å². The van der Waals surface area contributed by atoms with Gasteiger partial charge in [0, 0.05) is 12.8 Å². The second kappa shape index (κ2) is 13.1. The van der Waals surface area contributed by atoms with E-state index in [-0.39, 0.29) is 25.7 Å². The van der Waals surface area contributed by atoms with Crippen LogP contribution in [0.3, 0.4) is 0 Å². The molecule has 10 N–H and O–H groups in total. The highest BCUT2D eigenvalue weighted by atomic mass is 16.4. The molecule has 0 aliphatic rings.